The van der Waals surface area contributed by atoms with Gasteiger partial charge in [-0.1, -0.05) is 12.1 Å². The Bertz CT molecular complexity index is 502. The summed E-state index contributed by atoms with van der Waals surface area (Å²) in [6.07, 6.45) is 0. The van der Waals surface area contributed by atoms with Crippen LogP contribution in [-0.4, -0.2) is 40.3 Å². The Morgan fingerprint density at radius 3 is 2.55 bits per heavy atom. The first-order valence-corrected chi connectivity index (χ1v) is 7.45. The predicted octanol–water partition coefficient (Wildman–Crippen LogP) is 2.13. The number of rotatable bonds is 4. The zero-order valence-corrected chi connectivity index (χ0v) is 12.2. The van der Waals surface area contributed by atoms with E-state index in [4.69, 9.17) is 4.74 Å². The standard InChI is InChI=1S/C14H17NO4S/c1-3-19-11-6-4-10(5-7-11)13-15(9(2)16)12(8-20-13)14(17)18/h4-7,12-13H,3,8H2,1-2H3,(H,17,18)/t12-,13+/m1/s1. The molecule has 2 atom stereocenters. The Balaban J connectivity index is 2.22. The number of carboxylic acids is 1. The predicted molar refractivity (Wildman–Crippen MR) is 76.8 cm³/mol. The van der Waals surface area contributed by atoms with Crippen molar-refractivity contribution < 1.29 is 19.4 Å². The van der Waals surface area contributed by atoms with E-state index >= 15 is 0 Å². The van der Waals surface area contributed by atoms with Crippen molar-refractivity contribution in [3.63, 3.8) is 0 Å². The van der Waals surface area contributed by atoms with Crippen molar-refractivity contribution in [1.82, 2.24) is 4.90 Å². The lowest BCUT2D eigenvalue weighted by molar-refractivity contribution is -0.148. The second-order valence-electron chi connectivity index (χ2n) is 4.47. The number of carboxylic acid groups (broad SMARTS) is 1. The topological polar surface area (TPSA) is 66.8 Å². The molecule has 1 heterocycles. The first-order chi connectivity index (χ1) is 9.54. The van der Waals surface area contributed by atoms with Crippen molar-refractivity contribution in [2.24, 2.45) is 0 Å². The van der Waals surface area contributed by atoms with Crippen molar-refractivity contribution >= 4 is 23.6 Å². The Hall–Kier alpha value is -1.69. The van der Waals surface area contributed by atoms with Gasteiger partial charge in [-0.25, -0.2) is 4.79 Å². The quantitative estimate of drug-likeness (QED) is 0.921. The third-order valence-corrected chi connectivity index (χ3v) is 4.45. The molecule has 0 radical (unpaired) electrons. The van der Waals surface area contributed by atoms with E-state index in [1.807, 2.05) is 31.2 Å². The maximum atomic E-state index is 11.7. The van der Waals surface area contributed by atoms with Crippen LogP contribution in [-0.2, 0) is 9.59 Å². The number of aliphatic carboxylic acids is 1. The maximum absolute atomic E-state index is 11.7. The average molecular weight is 295 g/mol. The lowest BCUT2D eigenvalue weighted by atomic mass is 10.1. The van der Waals surface area contributed by atoms with Crippen molar-refractivity contribution in [3.05, 3.63) is 29.8 Å². The molecule has 0 aromatic heterocycles. The van der Waals surface area contributed by atoms with Gasteiger partial charge < -0.3 is 14.7 Å². The fraction of sp³-hybridized carbons (Fsp3) is 0.429. The monoisotopic (exact) mass is 295 g/mol. The summed E-state index contributed by atoms with van der Waals surface area (Å²) in [5.41, 5.74) is 0.914. The normalized spacial score (nSPS) is 21.8. The van der Waals surface area contributed by atoms with Crippen LogP contribution in [0.2, 0.25) is 0 Å². The fourth-order valence-corrected chi connectivity index (χ4v) is 3.71. The molecule has 1 saturated heterocycles. The van der Waals surface area contributed by atoms with Crippen LogP contribution in [0.15, 0.2) is 24.3 Å². The molecule has 1 amide bonds. The van der Waals surface area contributed by atoms with E-state index in [2.05, 4.69) is 0 Å². The number of thioether (sulfide) groups is 1. The highest BCUT2D eigenvalue weighted by molar-refractivity contribution is 7.99. The van der Waals surface area contributed by atoms with Crippen LogP contribution in [0.5, 0.6) is 5.75 Å². The van der Waals surface area contributed by atoms with Crippen LogP contribution >= 0.6 is 11.8 Å². The van der Waals surface area contributed by atoms with Crippen molar-refractivity contribution in [2.75, 3.05) is 12.4 Å². The Kier molecular flexibility index (Phi) is 4.54. The van der Waals surface area contributed by atoms with E-state index in [1.165, 1.54) is 23.6 Å². The fourth-order valence-electron chi connectivity index (χ4n) is 2.23. The van der Waals surface area contributed by atoms with E-state index in [-0.39, 0.29) is 11.3 Å². The van der Waals surface area contributed by atoms with Crippen molar-refractivity contribution in [2.45, 2.75) is 25.3 Å². The van der Waals surface area contributed by atoms with Crippen LogP contribution in [0.1, 0.15) is 24.8 Å². The molecule has 2 rings (SSSR count). The minimum atomic E-state index is -0.957. The molecule has 5 nitrogen and oxygen atoms in total. The van der Waals surface area contributed by atoms with Crippen LogP contribution < -0.4 is 4.74 Å². The van der Waals surface area contributed by atoms with Crippen LogP contribution in [0.4, 0.5) is 0 Å². The van der Waals surface area contributed by atoms with Gasteiger partial charge in [-0.05, 0) is 24.6 Å². The summed E-state index contributed by atoms with van der Waals surface area (Å²) in [6.45, 7) is 3.91. The molecule has 1 aliphatic heterocycles. The molecular formula is C14H17NO4S. The number of hydrogen-bond acceptors (Lipinski definition) is 4. The van der Waals surface area contributed by atoms with Crippen molar-refractivity contribution in [3.8, 4) is 5.75 Å². The molecular weight excluding hydrogens is 278 g/mol. The van der Waals surface area contributed by atoms with Crippen LogP contribution in [0.25, 0.3) is 0 Å². The highest BCUT2D eigenvalue weighted by Crippen LogP contribution is 2.41. The zero-order valence-electron chi connectivity index (χ0n) is 11.4. The maximum Gasteiger partial charge on any atom is 0.327 e. The van der Waals surface area contributed by atoms with Gasteiger partial charge in [0.1, 0.15) is 17.2 Å². The molecule has 1 aromatic rings. The van der Waals surface area contributed by atoms with Gasteiger partial charge in [0.15, 0.2) is 0 Å². The third-order valence-electron chi connectivity index (χ3n) is 3.13. The summed E-state index contributed by atoms with van der Waals surface area (Å²) in [4.78, 5) is 24.4. The van der Waals surface area contributed by atoms with E-state index in [0.717, 1.165) is 11.3 Å². The molecule has 1 aromatic carbocycles. The minimum absolute atomic E-state index is 0.221. The number of nitrogens with zero attached hydrogens (tertiary/aromatic N) is 1. The number of ether oxygens (including phenoxy) is 1. The molecule has 20 heavy (non-hydrogen) atoms. The number of benzene rings is 1. The van der Waals surface area contributed by atoms with E-state index in [0.29, 0.717) is 12.4 Å². The van der Waals surface area contributed by atoms with E-state index in [1.54, 1.807) is 0 Å². The Morgan fingerprint density at radius 1 is 1.40 bits per heavy atom. The minimum Gasteiger partial charge on any atom is -0.494 e. The smallest absolute Gasteiger partial charge is 0.327 e. The average Bonchev–Trinajstić information content (AvgIpc) is 2.85. The Labute approximate surface area is 121 Å². The molecule has 0 aliphatic carbocycles. The lowest BCUT2D eigenvalue weighted by Crippen LogP contribution is -2.41. The van der Waals surface area contributed by atoms with Gasteiger partial charge in [-0.2, -0.15) is 0 Å². The number of hydrogen-bond donors (Lipinski definition) is 1. The number of amides is 1. The molecule has 0 spiro atoms. The molecule has 1 aliphatic rings. The first kappa shape index (κ1) is 14.7. The van der Waals surface area contributed by atoms with Gasteiger partial charge in [0.05, 0.1) is 6.61 Å². The van der Waals surface area contributed by atoms with E-state index in [9.17, 15) is 14.7 Å². The van der Waals surface area contributed by atoms with Gasteiger partial charge in [0, 0.05) is 12.7 Å². The second kappa shape index (κ2) is 6.17. The van der Waals surface area contributed by atoms with Crippen LogP contribution in [0, 0.1) is 0 Å². The molecule has 1 fully saturated rings. The number of carbonyl (C=O) groups excluding carboxylic acids is 1. The summed E-state index contributed by atoms with van der Waals surface area (Å²) in [7, 11) is 0. The highest BCUT2D eigenvalue weighted by atomic mass is 32.2. The molecule has 1 N–H and O–H groups in total. The highest BCUT2D eigenvalue weighted by Gasteiger charge is 2.40. The third kappa shape index (κ3) is 2.90. The van der Waals surface area contributed by atoms with Gasteiger partial charge >= 0.3 is 5.97 Å². The summed E-state index contributed by atoms with van der Waals surface area (Å²) < 4.78 is 5.38. The van der Waals surface area contributed by atoms with Gasteiger partial charge in [-0.15, -0.1) is 11.8 Å². The van der Waals surface area contributed by atoms with Crippen molar-refractivity contribution in [1.29, 1.82) is 0 Å². The van der Waals surface area contributed by atoms with Gasteiger partial charge in [0.2, 0.25) is 5.91 Å². The molecule has 0 unspecified atom stereocenters. The van der Waals surface area contributed by atoms with Gasteiger partial charge in [-0.3, -0.25) is 4.79 Å². The summed E-state index contributed by atoms with van der Waals surface area (Å²) >= 11 is 1.47. The lowest BCUT2D eigenvalue weighted by Gasteiger charge is -2.26. The summed E-state index contributed by atoms with van der Waals surface area (Å²) in [5.74, 6) is -0.00176. The molecule has 0 saturated carbocycles. The molecule has 108 valence electrons. The Morgan fingerprint density at radius 2 is 2.05 bits per heavy atom. The SMILES string of the molecule is CCOc1ccc([C@@H]2SC[C@H](C(=O)O)N2C(C)=O)cc1. The molecule has 6 heteroatoms. The van der Waals surface area contributed by atoms with E-state index < -0.39 is 12.0 Å². The molecule has 0 bridgehead atoms. The van der Waals surface area contributed by atoms with Crippen LogP contribution in [0.3, 0.4) is 0 Å². The second-order valence-corrected chi connectivity index (χ2v) is 5.58. The largest absolute Gasteiger partial charge is 0.494 e. The zero-order chi connectivity index (χ0) is 14.7. The summed E-state index contributed by atoms with van der Waals surface area (Å²) in [6, 6.07) is 6.68. The summed E-state index contributed by atoms with van der Waals surface area (Å²) in [5, 5.41) is 8.94. The van der Waals surface area contributed by atoms with Gasteiger partial charge in [0.25, 0.3) is 0 Å². The number of carbonyl (C=O) groups is 2. The first-order valence-electron chi connectivity index (χ1n) is 6.40.